The highest BCUT2D eigenvalue weighted by Gasteiger charge is 2.02. The van der Waals surface area contributed by atoms with E-state index >= 15 is 0 Å². The van der Waals surface area contributed by atoms with Gasteiger partial charge in [0.15, 0.2) is 5.76 Å². The predicted octanol–water partition coefficient (Wildman–Crippen LogP) is 0.658. The Balaban J connectivity index is 3.50. The monoisotopic (exact) mass is 143 g/mol. The van der Waals surface area contributed by atoms with Gasteiger partial charge in [-0.1, -0.05) is 20.4 Å². The normalized spacial score (nSPS) is 9.50. The van der Waals surface area contributed by atoms with Gasteiger partial charge in [-0.05, 0) is 5.92 Å². The first kappa shape index (κ1) is 9.01. The van der Waals surface area contributed by atoms with E-state index in [4.69, 9.17) is 10.5 Å². The van der Waals surface area contributed by atoms with Crippen molar-refractivity contribution in [1.82, 2.24) is 0 Å². The molecule has 0 aromatic rings. The minimum absolute atomic E-state index is 0.0358. The van der Waals surface area contributed by atoms with E-state index in [0.29, 0.717) is 12.5 Å². The number of primary amides is 1. The maximum atomic E-state index is 10.3. The van der Waals surface area contributed by atoms with Crippen molar-refractivity contribution in [2.75, 3.05) is 6.61 Å². The minimum Gasteiger partial charge on any atom is -0.488 e. The summed E-state index contributed by atoms with van der Waals surface area (Å²) in [7, 11) is 0. The van der Waals surface area contributed by atoms with E-state index in [1.54, 1.807) is 0 Å². The lowest BCUT2D eigenvalue weighted by atomic mass is 10.2. The lowest BCUT2D eigenvalue weighted by Crippen LogP contribution is -2.16. The van der Waals surface area contributed by atoms with E-state index in [1.165, 1.54) is 0 Å². The molecule has 0 heterocycles. The third kappa shape index (κ3) is 3.95. The maximum absolute atomic E-state index is 10.3. The number of rotatable bonds is 4. The molecule has 0 fully saturated rings. The van der Waals surface area contributed by atoms with Crippen LogP contribution in [0.25, 0.3) is 0 Å². The summed E-state index contributed by atoms with van der Waals surface area (Å²) >= 11 is 0. The van der Waals surface area contributed by atoms with Crippen LogP contribution in [0, 0.1) is 5.92 Å². The Bertz CT molecular complexity index is 141. The standard InChI is InChI=1S/C7H13NO2/c1-5(2)4-10-6(3)7(8)9/h5H,3-4H2,1-2H3,(H2,8,9). The fraction of sp³-hybridized carbons (Fsp3) is 0.571. The molecule has 0 unspecified atom stereocenters. The van der Waals surface area contributed by atoms with Crippen molar-refractivity contribution < 1.29 is 9.53 Å². The summed E-state index contributed by atoms with van der Waals surface area (Å²) in [5, 5.41) is 0. The van der Waals surface area contributed by atoms with Gasteiger partial charge < -0.3 is 10.5 Å². The molecule has 2 N–H and O–H groups in total. The minimum atomic E-state index is -0.597. The Morgan fingerprint density at radius 3 is 2.50 bits per heavy atom. The molecule has 0 aromatic carbocycles. The van der Waals surface area contributed by atoms with Crippen LogP contribution in [0.3, 0.4) is 0 Å². The molecule has 0 radical (unpaired) electrons. The zero-order chi connectivity index (χ0) is 8.15. The Morgan fingerprint density at radius 2 is 2.20 bits per heavy atom. The second kappa shape index (κ2) is 3.93. The van der Waals surface area contributed by atoms with Gasteiger partial charge in [0.1, 0.15) is 0 Å². The second-order valence-electron chi connectivity index (χ2n) is 2.49. The fourth-order valence-corrected chi connectivity index (χ4v) is 0.338. The number of hydrogen-bond donors (Lipinski definition) is 1. The van der Waals surface area contributed by atoms with Gasteiger partial charge in [-0.2, -0.15) is 0 Å². The van der Waals surface area contributed by atoms with Gasteiger partial charge >= 0.3 is 0 Å². The zero-order valence-corrected chi connectivity index (χ0v) is 6.39. The molecule has 1 amide bonds. The molecule has 0 bridgehead atoms. The summed E-state index contributed by atoms with van der Waals surface area (Å²) < 4.78 is 4.90. The molecule has 10 heavy (non-hydrogen) atoms. The third-order valence-corrected chi connectivity index (χ3v) is 0.866. The third-order valence-electron chi connectivity index (χ3n) is 0.866. The summed E-state index contributed by atoms with van der Waals surface area (Å²) in [6.45, 7) is 7.78. The van der Waals surface area contributed by atoms with Crippen molar-refractivity contribution in [3.05, 3.63) is 12.3 Å². The summed E-state index contributed by atoms with van der Waals surface area (Å²) in [5.74, 6) is -0.176. The van der Waals surface area contributed by atoms with Crippen molar-refractivity contribution in [2.45, 2.75) is 13.8 Å². The molecule has 0 spiro atoms. The average Bonchev–Trinajstić information content (AvgIpc) is 1.82. The quantitative estimate of drug-likeness (QED) is 0.464. The van der Waals surface area contributed by atoms with E-state index in [2.05, 4.69) is 6.58 Å². The smallest absolute Gasteiger partial charge is 0.283 e. The predicted molar refractivity (Wildman–Crippen MR) is 39.1 cm³/mol. The zero-order valence-electron chi connectivity index (χ0n) is 6.39. The molecular formula is C7H13NO2. The van der Waals surface area contributed by atoms with E-state index in [-0.39, 0.29) is 5.76 Å². The lowest BCUT2D eigenvalue weighted by molar-refractivity contribution is -0.118. The number of carbonyl (C=O) groups is 1. The van der Waals surface area contributed by atoms with E-state index in [1.807, 2.05) is 13.8 Å². The molecule has 0 aromatic heterocycles. The van der Waals surface area contributed by atoms with Crippen LogP contribution in [0.15, 0.2) is 12.3 Å². The van der Waals surface area contributed by atoms with Gasteiger partial charge in [0.2, 0.25) is 0 Å². The largest absolute Gasteiger partial charge is 0.488 e. The van der Waals surface area contributed by atoms with Crippen LogP contribution in [0.2, 0.25) is 0 Å². The van der Waals surface area contributed by atoms with Crippen molar-refractivity contribution in [3.63, 3.8) is 0 Å². The van der Waals surface area contributed by atoms with Gasteiger partial charge in [-0.25, -0.2) is 0 Å². The second-order valence-corrected chi connectivity index (χ2v) is 2.49. The number of carbonyl (C=O) groups excluding carboxylic acids is 1. The van der Waals surface area contributed by atoms with Gasteiger partial charge in [-0.3, -0.25) is 4.79 Å². The van der Waals surface area contributed by atoms with E-state index < -0.39 is 5.91 Å². The summed E-state index contributed by atoms with van der Waals surface area (Å²) in [6, 6.07) is 0. The molecule has 0 atom stereocenters. The Morgan fingerprint density at radius 1 is 1.70 bits per heavy atom. The molecule has 3 nitrogen and oxygen atoms in total. The van der Waals surface area contributed by atoms with E-state index in [9.17, 15) is 4.79 Å². The molecule has 3 heteroatoms. The molecule has 58 valence electrons. The van der Waals surface area contributed by atoms with Gasteiger partial charge in [0.25, 0.3) is 5.91 Å². The average molecular weight is 143 g/mol. The van der Waals surface area contributed by atoms with Crippen LogP contribution in [-0.2, 0) is 9.53 Å². The van der Waals surface area contributed by atoms with Crippen molar-refractivity contribution in [3.8, 4) is 0 Å². The SMILES string of the molecule is C=C(OCC(C)C)C(N)=O. The highest BCUT2D eigenvalue weighted by atomic mass is 16.5. The summed E-state index contributed by atoms with van der Waals surface area (Å²) in [5.41, 5.74) is 4.86. The van der Waals surface area contributed by atoms with Crippen LogP contribution in [-0.4, -0.2) is 12.5 Å². The number of hydrogen-bond acceptors (Lipinski definition) is 2. The molecule has 0 aliphatic rings. The lowest BCUT2D eigenvalue weighted by Gasteiger charge is -2.07. The first-order chi connectivity index (χ1) is 4.54. The molecule has 0 saturated heterocycles. The van der Waals surface area contributed by atoms with Crippen LogP contribution in [0.5, 0.6) is 0 Å². The number of amides is 1. The first-order valence-electron chi connectivity index (χ1n) is 3.15. The van der Waals surface area contributed by atoms with E-state index in [0.717, 1.165) is 0 Å². The van der Waals surface area contributed by atoms with Gasteiger partial charge in [0, 0.05) is 0 Å². The van der Waals surface area contributed by atoms with Gasteiger partial charge in [-0.15, -0.1) is 0 Å². The molecule has 0 aliphatic heterocycles. The summed E-state index contributed by atoms with van der Waals surface area (Å²) in [6.07, 6.45) is 0. The number of ether oxygens (including phenoxy) is 1. The van der Waals surface area contributed by atoms with Crippen molar-refractivity contribution in [2.24, 2.45) is 11.7 Å². The Labute approximate surface area is 60.9 Å². The van der Waals surface area contributed by atoms with Crippen LogP contribution in [0.1, 0.15) is 13.8 Å². The molecule has 0 aliphatic carbocycles. The summed E-state index contributed by atoms with van der Waals surface area (Å²) in [4.78, 5) is 10.3. The fourth-order valence-electron chi connectivity index (χ4n) is 0.338. The highest BCUT2D eigenvalue weighted by Crippen LogP contribution is 1.97. The highest BCUT2D eigenvalue weighted by molar-refractivity contribution is 5.89. The van der Waals surface area contributed by atoms with Gasteiger partial charge in [0.05, 0.1) is 6.61 Å². The van der Waals surface area contributed by atoms with Crippen LogP contribution < -0.4 is 5.73 Å². The topological polar surface area (TPSA) is 52.3 Å². The van der Waals surface area contributed by atoms with Crippen molar-refractivity contribution in [1.29, 1.82) is 0 Å². The molecule has 0 saturated carbocycles. The van der Waals surface area contributed by atoms with Crippen LogP contribution >= 0.6 is 0 Å². The van der Waals surface area contributed by atoms with Crippen molar-refractivity contribution >= 4 is 5.91 Å². The first-order valence-corrected chi connectivity index (χ1v) is 3.15. The van der Waals surface area contributed by atoms with Crippen LogP contribution in [0.4, 0.5) is 0 Å². The Kier molecular flexibility index (Phi) is 3.54. The maximum Gasteiger partial charge on any atom is 0.283 e. The number of nitrogens with two attached hydrogens (primary N) is 1. The molecular weight excluding hydrogens is 130 g/mol. The Hall–Kier alpha value is -0.990. The molecule has 0 rings (SSSR count).